The summed E-state index contributed by atoms with van der Waals surface area (Å²) >= 11 is 6.23. The Bertz CT molecular complexity index is 1130. The van der Waals surface area contributed by atoms with E-state index >= 15 is 0 Å². The van der Waals surface area contributed by atoms with E-state index < -0.39 is 15.9 Å². The van der Waals surface area contributed by atoms with E-state index in [0.29, 0.717) is 11.4 Å². The highest BCUT2D eigenvalue weighted by atomic mass is 35.5. The zero-order valence-electron chi connectivity index (χ0n) is 16.4. The highest BCUT2D eigenvalue weighted by Crippen LogP contribution is 2.25. The molecule has 0 aliphatic heterocycles. The fourth-order valence-corrected chi connectivity index (χ4v) is 4.00. The molecule has 2 N–H and O–H groups in total. The number of ether oxygens (including phenoxy) is 1. The monoisotopic (exact) mass is 444 g/mol. The standard InChI is InChI=1S/C22H21ClN2O4S/c1-15(2)29-18-11-8-16(9-12-18)24-22(26)20-13-10-17(14-21(20)23)25-30(27,28)19-6-4-3-5-7-19/h3-15,25H,1-2H3,(H,24,26). The fourth-order valence-electron chi connectivity index (χ4n) is 2.66. The van der Waals surface area contributed by atoms with Crippen molar-refractivity contribution in [3.05, 3.63) is 83.4 Å². The lowest BCUT2D eigenvalue weighted by Crippen LogP contribution is -2.15. The van der Waals surface area contributed by atoms with E-state index in [0.717, 1.165) is 0 Å². The molecule has 0 fully saturated rings. The minimum absolute atomic E-state index is 0.0575. The van der Waals surface area contributed by atoms with E-state index in [2.05, 4.69) is 10.0 Å². The number of carbonyl (C=O) groups excluding carboxylic acids is 1. The third kappa shape index (κ3) is 5.52. The maximum Gasteiger partial charge on any atom is 0.261 e. The Kier molecular flexibility index (Phi) is 6.64. The summed E-state index contributed by atoms with van der Waals surface area (Å²) in [5.41, 5.74) is 1.07. The Morgan fingerprint density at radius 3 is 2.17 bits per heavy atom. The molecule has 0 aromatic heterocycles. The van der Waals surface area contributed by atoms with Crippen LogP contribution in [0.4, 0.5) is 11.4 Å². The first-order valence-electron chi connectivity index (χ1n) is 9.20. The van der Waals surface area contributed by atoms with E-state index in [1.807, 2.05) is 13.8 Å². The van der Waals surface area contributed by atoms with E-state index in [1.54, 1.807) is 42.5 Å². The molecule has 0 atom stereocenters. The predicted molar refractivity (Wildman–Crippen MR) is 119 cm³/mol. The van der Waals surface area contributed by atoms with Crippen molar-refractivity contribution in [1.29, 1.82) is 0 Å². The van der Waals surface area contributed by atoms with Gasteiger partial charge in [0.2, 0.25) is 0 Å². The van der Waals surface area contributed by atoms with Crippen molar-refractivity contribution >= 4 is 38.9 Å². The summed E-state index contributed by atoms with van der Waals surface area (Å²) in [7, 11) is -3.75. The molecule has 0 aliphatic rings. The number of hydrogen-bond acceptors (Lipinski definition) is 4. The fraction of sp³-hybridized carbons (Fsp3) is 0.136. The molecule has 3 aromatic carbocycles. The number of rotatable bonds is 7. The molecular weight excluding hydrogens is 424 g/mol. The highest BCUT2D eigenvalue weighted by Gasteiger charge is 2.16. The molecule has 0 aliphatic carbocycles. The van der Waals surface area contributed by atoms with Gasteiger partial charge in [-0.05, 0) is 68.4 Å². The van der Waals surface area contributed by atoms with Crippen LogP contribution >= 0.6 is 11.6 Å². The van der Waals surface area contributed by atoms with Gasteiger partial charge >= 0.3 is 0 Å². The van der Waals surface area contributed by atoms with Crippen LogP contribution in [0.2, 0.25) is 5.02 Å². The second-order valence-corrected chi connectivity index (χ2v) is 8.85. The van der Waals surface area contributed by atoms with Gasteiger partial charge < -0.3 is 10.1 Å². The minimum atomic E-state index is -3.75. The Hall–Kier alpha value is -3.03. The van der Waals surface area contributed by atoms with Crippen molar-refractivity contribution in [2.45, 2.75) is 24.8 Å². The molecular formula is C22H21ClN2O4S. The highest BCUT2D eigenvalue weighted by molar-refractivity contribution is 7.92. The molecule has 0 radical (unpaired) electrons. The first-order chi connectivity index (χ1) is 14.2. The lowest BCUT2D eigenvalue weighted by atomic mass is 10.2. The summed E-state index contributed by atoms with van der Waals surface area (Å²) in [6.45, 7) is 3.86. The average Bonchev–Trinajstić information content (AvgIpc) is 2.69. The number of carbonyl (C=O) groups is 1. The molecule has 3 rings (SSSR count). The summed E-state index contributed by atoms with van der Waals surface area (Å²) in [6, 6.07) is 19.3. The van der Waals surface area contributed by atoms with Crippen molar-refractivity contribution < 1.29 is 17.9 Å². The summed E-state index contributed by atoms with van der Waals surface area (Å²) < 4.78 is 32.9. The molecule has 0 unspecified atom stereocenters. The normalized spacial score (nSPS) is 11.2. The van der Waals surface area contributed by atoms with E-state index in [-0.39, 0.29) is 27.3 Å². The van der Waals surface area contributed by atoms with Crippen LogP contribution < -0.4 is 14.8 Å². The summed E-state index contributed by atoms with van der Waals surface area (Å²) in [4.78, 5) is 12.7. The summed E-state index contributed by atoms with van der Waals surface area (Å²) in [6.07, 6.45) is 0.0575. The second kappa shape index (κ2) is 9.19. The molecule has 8 heteroatoms. The van der Waals surface area contributed by atoms with Crippen LogP contribution in [-0.2, 0) is 10.0 Å². The SMILES string of the molecule is CC(C)Oc1ccc(NC(=O)c2ccc(NS(=O)(=O)c3ccccc3)cc2Cl)cc1. The van der Waals surface area contributed by atoms with Gasteiger partial charge in [0, 0.05) is 5.69 Å². The van der Waals surface area contributed by atoms with E-state index in [9.17, 15) is 13.2 Å². The summed E-state index contributed by atoms with van der Waals surface area (Å²) in [5, 5.41) is 2.88. The molecule has 0 saturated heterocycles. The number of benzene rings is 3. The van der Waals surface area contributed by atoms with Gasteiger partial charge in [0.1, 0.15) is 5.75 Å². The zero-order valence-corrected chi connectivity index (χ0v) is 18.0. The van der Waals surface area contributed by atoms with Gasteiger partial charge in [-0.3, -0.25) is 9.52 Å². The molecule has 3 aromatic rings. The van der Waals surface area contributed by atoms with Gasteiger partial charge in [0.05, 0.1) is 27.3 Å². The quantitative estimate of drug-likeness (QED) is 0.525. The molecule has 0 heterocycles. The largest absolute Gasteiger partial charge is 0.491 e. The first kappa shape index (κ1) is 21.7. The van der Waals surface area contributed by atoms with Crippen LogP contribution in [0.3, 0.4) is 0 Å². The van der Waals surface area contributed by atoms with Crippen LogP contribution in [0.5, 0.6) is 5.75 Å². The lowest BCUT2D eigenvalue weighted by Gasteiger charge is -2.12. The number of amides is 1. The number of nitrogens with one attached hydrogen (secondary N) is 2. The Morgan fingerprint density at radius 2 is 1.57 bits per heavy atom. The van der Waals surface area contributed by atoms with E-state index in [4.69, 9.17) is 16.3 Å². The smallest absolute Gasteiger partial charge is 0.261 e. The molecule has 6 nitrogen and oxygen atoms in total. The third-order valence-corrected chi connectivity index (χ3v) is 5.71. The van der Waals surface area contributed by atoms with Crippen molar-refractivity contribution in [2.24, 2.45) is 0 Å². The van der Waals surface area contributed by atoms with Crippen molar-refractivity contribution in [3.8, 4) is 5.75 Å². The Labute approximate surface area is 180 Å². The molecule has 0 saturated carbocycles. The van der Waals surface area contributed by atoms with Crippen LogP contribution in [0, 0.1) is 0 Å². The minimum Gasteiger partial charge on any atom is -0.491 e. The van der Waals surface area contributed by atoms with Gasteiger partial charge in [-0.2, -0.15) is 0 Å². The lowest BCUT2D eigenvalue weighted by molar-refractivity contribution is 0.102. The van der Waals surface area contributed by atoms with Gasteiger partial charge in [0.15, 0.2) is 0 Å². The zero-order chi connectivity index (χ0) is 21.7. The molecule has 0 spiro atoms. The molecule has 30 heavy (non-hydrogen) atoms. The average molecular weight is 445 g/mol. The summed E-state index contributed by atoms with van der Waals surface area (Å²) in [5.74, 6) is 0.297. The first-order valence-corrected chi connectivity index (χ1v) is 11.1. The Balaban J connectivity index is 1.71. The number of anilines is 2. The Morgan fingerprint density at radius 1 is 0.933 bits per heavy atom. The maximum atomic E-state index is 12.6. The molecule has 0 bridgehead atoms. The van der Waals surface area contributed by atoms with Crippen LogP contribution in [0.15, 0.2) is 77.7 Å². The van der Waals surface area contributed by atoms with Gasteiger partial charge in [-0.1, -0.05) is 29.8 Å². The number of sulfonamides is 1. The topological polar surface area (TPSA) is 84.5 Å². The van der Waals surface area contributed by atoms with Crippen LogP contribution in [0.1, 0.15) is 24.2 Å². The molecule has 1 amide bonds. The predicted octanol–water partition coefficient (Wildman–Crippen LogP) is 5.18. The van der Waals surface area contributed by atoms with Crippen LogP contribution in [0.25, 0.3) is 0 Å². The van der Waals surface area contributed by atoms with Gasteiger partial charge in [-0.15, -0.1) is 0 Å². The number of hydrogen-bond donors (Lipinski definition) is 2. The van der Waals surface area contributed by atoms with Crippen LogP contribution in [-0.4, -0.2) is 20.4 Å². The van der Waals surface area contributed by atoms with E-state index in [1.165, 1.54) is 30.3 Å². The maximum absolute atomic E-state index is 12.6. The van der Waals surface area contributed by atoms with Gasteiger partial charge in [-0.25, -0.2) is 8.42 Å². The molecule has 156 valence electrons. The van der Waals surface area contributed by atoms with Crippen molar-refractivity contribution in [3.63, 3.8) is 0 Å². The van der Waals surface area contributed by atoms with Crippen molar-refractivity contribution in [1.82, 2.24) is 0 Å². The second-order valence-electron chi connectivity index (χ2n) is 6.76. The van der Waals surface area contributed by atoms with Crippen molar-refractivity contribution in [2.75, 3.05) is 10.0 Å². The van der Waals surface area contributed by atoms with Gasteiger partial charge in [0.25, 0.3) is 15.9 Å². The third-order valence-electron chi connectivity index (χ3n) is 4.00. The number of halogens is 1.